The molecule has 2 atom stereocenters. The molecule has 124 valence electrons. The maximum Gasteiger partial charge on any atom is 0.251 e. The maximum atomic E-state index is 12.5. The van der Waals surface area contributed by atoms with Crippen LogP contribution in [-0.4, -0.2) is 42.1 Å². The van der Waals surface area contributed by atoms with Gasteiger partial charge in [-0.25, -0.2) is 0 Å². The first kappa shape index (κ1) is 15.0. The molecule has 4 nitrogen and oxygen atoms in total. The summed E-state index contributed by atoms with van der Waals surface area (Å²) in [6.45, 7) is 0. The summed E-state index contributed by atoms with van der Waals surface area (Å²) in [5.41, 5.74) is 0.694. The monoisotopic (exact) mass is 314 g/mol. The zero-order valence-corrected chi connectivity index (χ0v) is 13.8. The van der Waals surface area contributed by atoms with Crippen LogP contribution in [0.3, 0.4) is 0 Å². The van der Waals surface area contributed by atoms with E-state index in [-0.39, 0.29) is 5.91 Å². The van der Waals surface area contributed by atoms with Gasteiger partial charge in [0.15, 0.2) is 0 Å². The number of carbonyl (C=O) groups is 1. The Morgan fingerprint density at radius 2 is 1.87 bits per heavy atom. The van der Waals surface area contributed by atoms with Crippen LogP contribution in [0.25, 0.3) is 0 Å². The topological polar surface area (TPSA) is 41.6 Å². The summed E-state index contributed by atoms with van der Waals surface area (Å²) >= 11 is 0. The van der Waals surface area contributed by atoms with Crippen LogP contribution >= 0.6 is 0 Å². The van der Waals surface area contributed by atoms with Crippen molar-refractivity contribution in [2.45, 2.75) is 69.1 Å². The molecule has 2 heterocycles. The zero-order valence-electron chi connectivity index (χ0n) is 13.8. The molecule has 3 aliphatic rings. The first-order valence-electron chi connectivity index (χ1n) is 8.97. The Balaban J connectivity index is 1.42. The predicted molar refractivity (Wildman–Crippen MR) is 89.8 cm³/mol. The van der Waals surface area contributed by atoms with Crippen molar-refractivity contribution in [1.82, 2.24) is 10.2 Å². The minimum Gasteiger partial charge on any atom is -0.497 e. The Kier molecular flexibility index (Phi) is 4.02. The molecule has 23 heavy (non-hydrogen) atoms. The number of methoxy groups -OCH3 is 1. The Hall–Kier alpha value is -1.55. The molecule has 1 saturated carbocycles. The molecule has 3 fully saturated rings. The fourth-order valence-corrected chi connectivity index (χ4v) is 4.54. The SMILES string of the molecule is COc1cccc(C(=O)NC2C[C@@H]3CCC[C@@H](C2)N3C2CC2)c1. The molecule has 0 aromatic heterocycles. The highest BCUT2D eigenvalue weighted by Crippen LogP contribution is 2.41. The molecule has 4 heteroatoms. The third-order valence-electron chi connectivity index (χ3n) is 5.67. The van der Waals surface area contributed by atoms with Crippen molar-refractivity contribution >= 4 is 5.91 Å². The van der Waals surface area contributed by atoms with Gasteiger partial charge in [-0.15, -0.1) is 0 Å². The van der Waals surface area contributed by atoms with Gasteiger partial charge in [-0.3, -0.25) is 9.69 Å². The van der Waals surface area contributed by atoms with Crippen molar-refractivity contribution in [1.29, 1.82) is 0 Å². The summed E-state index contributed by atoms with van der Waals surface area (Å²) in [5.74, 6) is 0.768. The van der Waals surface area contributed by atoms with E-state index >= 15 is 0 Å². The molecule has 0 unspecified atom stereocenters. The Morgan fingerprint density at radius 1 is 1.13 bits per heavy atom. The second kappa shape index (κ2) is 6.16. The number of ether oxygens (including phenoxy) is 1. The van der Waals surface area contributed by atoms with Crippen molar-refractivity contribution < 1.29 is 9.53 Å². The van der Waals surface area contributed by atoms with Gasteiger partial charge in [-0.2, -0.15) is 0 Å². The second-order valence-electron chi connectivity index (χ2n) is 7.29. The van der Waals surface area contributed by atoms with Crippen LogP contribution in [0.1, 0.15) is 55.3 Å². The molecule has 0 radical (unpaired) electrons. The minimum atomic E-state index is 0.0341. The standard InChI is InChI=1S/C19H26N2O2/c1-23-18-7-2-4-13(10-18)19(22)20-14-11-16-5-3-6-17(12-14)21(16)15-8-9-15/h2,4,7,10,14-17H,3,5-6,8-9,11-12H2,1H3,(H,20,22)/t16-,17-/m0/s1. The first-order valence-corrected chi connectivity index (χ1v) is 8.97. The van der Waals surface area contributed by atoms with Crippen molar-refractivity contribution in [2.75, 3.05) is 7.11 Å². The van der Waals surface area contributed by atoms with E-state index in [2.05, 4.69) is 10.2 Å². The molecule has 2 aliphatic heterocycles. The van der Waals surface area contributed by atoms with E-state index in [1.807, 2.05) is 24.3 Å². The summed E-state index contributed by atoms with van der Waals surface area (Å²) in [6, 6.07) is 9.96. The Morgan fingerprint density at radius 3 is 2.52 bits per heavy atom. The molecular formula is C19H26N2O2. The van der Waals surface area contributed by atoms with Crippen LogP contribution in [0.4, 0.5) is 0 Å². The summed E-state index contributed by atoms with van der Waals surface area (Å²) < 4.78 is 5.22. The van der Waals surface area contributed by atoms with Gasteiger partial charge in [0.2, 0.25) is 0 Å². The van der Waals surface area contributed by atoms with Crippen molar-refractivity contribution in [2.24, 2.45) is 0 Å². The maximum absolute atomic E-state index is 12.5. The number of hydrogen-bond donors (Lipinski definition) is 1. The summed E-state index contributed by atoms with van der Waals surface area (Å²) in [7, 11) is 1.63. The molecule has 1 N–H and O–H groups in total. The number of nitrogens with one attached hydrogen (secondary N) is 1. The van der Waals surface area contributed by atoms with Gasteiger partial charge >= 0.3 is 0 Å². The highest BCUT2D eigenvalue weighted by atomic mass is 16.5. The van der Waals surface area contributed by atoms with Gasteiger partial charge in [-0.05, 0) is 56.7 Å². The summed E-state index contributed by atoms with van der Waals surface area (Å²) in [4.78, 5) is 15.3. The number of rotatable bonds is 4. The van der Waals surface area contributed by atoms with Crippen LogP contribution in [0.2, 0.25) is 0 Å². The smallest absolute Gasteiger partial charge is 0.251 e. The normalized spacial score (nSPS) is 30.7. The highest BCUT2D eigenvalue weighted by molar-refractivity contribution is 5.94. The predicted octanol–water partition coefficient (Wildman–Crippen LogP) is 2.97. The van der Waals surface area contributed by atoms with Gasteiger partial charge in [0.25, 0.3) is 5.91 Å². The van der Waals surface area contributed by atoms with Crippen LogP contribution < -0.4 is 10.1 Å². The number of fused-ring (bicyclic) bond motifs is 2. The van der Waals surface area contributed by atoms with Gasteiger partial charge in [0.05, 0.1) is 7.11 Å². The second-order valence-corrected chi connectivity index (χ2v) is 7.29. The van der Waals surface area contributed by atoms with Crippen LogP contribution in [0.15, 0.2) is 24.3 Å². The molecule has 1 amide bonds. The quantitative estimate of drug-likeness (QED) is 0.929. The molecule has 1 aliphatic carbocycles. The van der Waals surface area contributed by atoms with Crippen molar-refractivity contribution in [3.8, 4) is 5.75 Å². The number of hydrogen-bond acceptors (Lipinski definition) is 3. The number of benzene rings is 1. The van der Waals surface area contributed by atoms with Gasteiger partial charge in [-0.1, -0.05) is 12.5 Å². The fraction of sp³-hybridized carbons (Fsp3) is 0.632. The van der Waals surface area contributed by atoms with Gasteiger partial charge in [0, 0.05) is 29.7 Å². The van der Waals surface area contributed by atoms with Gasteiger partial charge < -0.3 is 10.1 Å². The summed E-state index contributed by atoms with van der Waals surface area (Å²) in [6.07, 6.45) is 8.96. The number of carbonyl (C=O) groups excluding carboxylic acids is 1. The van der Waals surface area contributed by atoms with Crippen molar-refractivity contribution in [3.63, 3.8) is 0 Å². The lowest BCUT2D eigenvalue weighted by molar-refractivity contribution is 0.0175. The van der Waals surface area contributed by atoms with Crippen LogP contribution in [0, 0.1) is 0 Å². The zero-order chi connectivity index (χ0) is 15.8. The highest BCUT2D eigenvalue weighted by Gasteiger charge is 2.45. The average Bonchev–Trinajstić information content (AvgIpc) is 3.39. The molecular weight excluding hydrogens is 288 g/mol. The van der Waals surface area contributed by atoms with Crippen molar-refractivity contribution in [3.05, 3.63) is 29.8 Å². The van der Waals surface area contributed by atoms with E-state index in [0.717, 1.165) is 24.6 Å². The van der Waals surface area contributed by atoms with E-state index in [4.69, 9.17) is 4.74 Å². The minimum absolute atomic E-state index is 0.0341. The van der Waals surface area contributed by atoms with E-state index in [9.17, 15) is 4.79 Å². The van der Waals surface area contributed by atoms with E-state index in [0.29, 0.717) is 23.7 Å². The van der Waals surface area contributed by atoms with Gasteiger partial charge in [0.1, 0.15) is 5.75 Å². The molecule has 1 aromatic carbocycles. The fourth-order valence-electron chi connectivity index (χ4n) is 4.54. The molecule has 2 bridgehead atoms. The van der Waals surface area contributed by atoms with E-state index in [1.54, 1.807) is 7.11 Å². The largest absolute Gasteiger partial charge is 0.497 e. The third kappa shape index (κ3) is 3.09. The lowest BCUT2D eigenvalue weighted by Gasteiger charge is -2.49. The third-order valence-corrected chi connectivity index (χ3v) is 5.67. The lowest BCUT2D eigenvalue weighted by atomic mass is 9.81. The molecule has 4 rings (SSSR count). The molecule has 2 saturated heterocycles. The molecule has 0 spiro atoms. The lowest BCUT2D eigenvalue weighted by Crippen LogP contribution is -2.57. The average molecular weight is 314 g/mol. The first-order chi connectivity index (χ1) is 11.2. The summed E-state index contributed by atoms with van der Waals surface area (Å²) in [5, 5.41) is 3.27. The Bertz CT molecular complexity index is 570. The van der Waals surface area contributed by atoms with Crippen LogP contribution in [-0.2, 0) is 0 Å². The van der Waals surface area contributed by atoms with E-state index < -0.39 is 0 Å². The number of amides is 1. The number of nitrogens with zero attached hydrogens (tertiary/aromatic N) is 1. The number of piperidine rings is 2. The Labute approximate surface area is 138 Å². The van der Waals surface area contributed by atoms with E-state index in [1.165, 1.54) is 32.1 Å². The molecule has 1 aromatic rings. The van der Waals surface area contributed by atoms with Crippen LogP contribution in [0.5, 0.6) is 5.75 Å².